The van der Waals surface area contributed by atoms with E-state index in [1.807, 2.05) is 18.2 Å². The lowest BCUT2D eigenvalue weighted by Crippen LogP contribution is -2.27. The fourth-order valence-electron chi connectivity index (χ4n) is 3.64. The first-order valence-corrected chi connectivity index (χ1v) is 7.91. The number of imidazole rings is 1. The van der Waals surface area contributed by atoms with Crippen molar-refractivity contribution in [3.05, 3.63) is 30.1 Å². The number of nitrogens with zero attached hydrogens (tertiary/aromatic N) is 2. The van der Waals surface area contributed by atoms with Gasteiger partial charge in [0.25, 0.3) is 0 Å². The highest BCUT2D eigenvalue weighted by Gasteiger charge is 2.32. The van der Waals surface area contributed by atoms with Crippen molar-refractivity contribution in [2.24, 2.45) is 17.6 Å². The number of ketones is 1. The van der Waals surface area contributed by atoms with E-state index in [1.54, 1.807) is 0 Å². The number of hydrogen-bond acceptors (Lipinski definition) is 3. The Bertz CT molecular complexity index is 647. The van der Waals surface area contributed by atoms with Gasteiger partial charge in [0, 0.05) is 12.5 Å². The molecule has 2 N–H and O–H groups in total. The molecule has 2 atom stereocenters. The second-order valence-corrected chi connectivity index (χ2v) is 5.94. The highest BCUT2D eigenvalue weighted by molar-refractivity contribution is 5.84. The number of carbonyl (C=O) groups is 1. The number of Topliss-reactive ketones (excluding diaryl/α,β-unsaturated/α-hetero) is 1. The molecule has 3 rings (SSSR count). The van der Waals surface area contributed by atoms with Crippen LogP contribution in [0.15, 0.2) is 24.3 Å². The third kappa shape index (κ3) is 2.60. The molecule has 1 heterocycles. The molecule has 0 spiro atoms. The molecular weight excluding hydrogens is 262 g/mol. The normalized spacial score (nSPS) is 22.0. The van der Waals surface area contributed by atoms with Gasteiger partial charge in [-0.3, -0.25) is 4.79 Å². The first-order chi connectivity index (χ1) is 10.2. The molecule has 0 radical (unpaired) electrons. The molecule has 2 unspecified atom stereocenters. The predicted molar refractivity (Wildman–Crippen MR) is 84.0 cm³/mol. The van der Waals surface area contributed by atoms with E-state index < -0.39 is 0 Å². The van der Waals surface area contributed by atoms with Crippen molar-refractivity contribution >= 4 is 16.8 Å². The van der Waals surface area contributed by atoms with Gasteiger partial charge in [0.05, 0.1) is 17.5 Å². The first kappa shape index (κ1) is 14.3. The minimum Gasteiger partial charge on any atom is -0.330 e. The summed E-state index contributed by atoms with van der Waals surface area (Å²) >= 11 is 0. The number of benzene rings is 1. The predicted octanol–water partition coefficient (Wildman–Crippen LogP) is 2.54. The van der Waals surface area contributed by atoms with Crippen molar-refractivity contribution in [1.29, 1.82) is 0 Å². The molecule has 0 amide bonds. The van der Waals surface area contributed by atoms with Gasteiger partial charge in [0.1, 0.15) is 11.6 Å². The summed E-state index contributed by atoms with van der Waals surface area (Å²) in [6, 6.07) is 8.08. The molecule has 112 valence electrons. The topological polar surface area (TPSA) is 60.9 Å². The van der Waals surface area contributed by atoms with Crippen LogP contribution in [0.1, 0.15) is 32.0 Å². The minimum absolute atomic E-state index is 0.139. The van der Waals surface area contributed by atoms with Crippen LogP contribution in [-0.4, -0.2) is 21.9 Å². The van der Waals surface area contributed by atoms with Gasteiger partial charge in [0.15, 0.2) is 0 Å². The Morgan fingerprint density at radius 1 is 1.38 bits per heavy atom. The number of nitrogens with two attached hydrogens (primary N) is 1. The second-order valence-electron chi connectivity index (χ2n) is 5.94. The summed E-state index contributed by atoms with van der Waals surface area (Å²) in [5.74, 6) is 1.72. The Hall–Kier alpha value is -1.68. The molecular formula is C17H23N3O. The van der Waals surface area contributed by atoms with Gasteiger partial charge in [-0.25, -0.2) is 4.98 Å². The van der Waals surface area contributed by atoms with Gasteiger partial charge < -0.3 is 10.3 Å². The van der Waals surface area contributed by atoms with Crippen LogP contribution in [-0.2, 0) is 17.8 Å². The van der Waals surface area contributed by atoms with Gasteiger partial charge in [-0.2, -0.15) is 0 Å². The molecule has 2 aromatic rings. The van der Waals surface area contributed by atoms with Gasteiger partial charge in [-0.05, 0) is 44.4 Å². The number of fused-ring (bicyclic) bond motifs is 1. The van der Waals surface area contributed by atoms with Crippen molar-refractivity contribution in [1.82, 2.24) is 9.55 Å². The van der Waals surface area contributed by atoms with Crippen LogP contribution < -0.4 is 5.73 Å². The highest BCUT2D eigenvalue weighted by atomic mass is 16.1. The molecule has 4 nitrogen and oxygen atoms in total. The second kappa shape index (κ2) is 5.98. The number of rotatable bonds is 5. The molecule has 1 aromatic carbocycles. The maximum Gasteiger partial charge on any atom is 0.143 e. The van der Waals surface area contributed by atoms with Crippen LogP contribution in [0, 0.1) is 11.8 Å². The monoisotopic (exact) mass is 285 g/mol. The largest absolute Gasteiger partial charge is 0.330 e. The number of carbonyl (C=O) groups excluding carboxylic acids is 1. The average molecular weight is 285 g/mol. The van der Waals surface area contributed by atoms with E-state index in [9.17, 15) is 4.79 Å². The maximum absolute atomic E-state index is 12.6. The lowest BCUT2D eigenvalue weighted by Gasteiger charge is -2.16. The smallest absolute Gasteiger partial charge is 0.143 e. The molecule has 1 aromatic heterocycles. The van der Waals surface area contributed by atoms with Crippen molar-refractivity contribution in [2.45, 2.75) is 39.2 Å². The average Bonchev–Trinajstić information content (AvgIpc) is 3.10. The third-order valence-electron chi connectivity index (χ3n) is 4.76. The summed E-state index contributed by atoms with van der Waals surface area (Å²) in [5, 5.41) is 0. The summed E-state index contributed by atoms with van der Waals surface area (Å²) in [7, 11) is 0. The number of aromatic nitrogens is 2. The molecule has 1 aliphatic carbocycles. The summed E-state index contributed by atoms with van der Waals surface area (Å²) in [4.78, 5) is 17.3. The highest BCUT2D eigenvalue weighted by Crippen LogP contribution is 2.32. The van der Waals surface area contributed by atoms with Crippen LogP contribution in [0.2, 0.25) is 0 Å². The summed E-state index contributed by atoms with van der Waals surface area (Å²) < 4.78 is 2.15. The Morgan fingerprint density at radius 3 is 2.95 bits per heavy atom. The molecule has 1 fully saturated rings. The lowest BCUT2D eigenvalue weighted by atomic mass is 9.90. The van der Waals surface area contributed by atoms with E-state index in [0.29, 0.717) is 24.7 Å². The third-order valence-corrected chi connectivity index (χ3v) is 4.76. The van der Waals surface area contributed by atoms with Gasteiger partial charge >= 0.3 is 0 Å². The molecule has 0 saturated heterocycles. The SMILES string of the molecule is CCn1c(CC(=O)C2CCCC2CN)nc2ccccc21. The molecule has 0 aliphatic heterocycles. The molecule has 1 saturated carbocycles. The fourth-order valence-corrected chi connectivity index (χ4v) is 3.64. The molecule has 4 heteroatoms. The zero-order valence-electron chi connectivity index (χ0n) is 12.6. The van der Waals surface area contributed by atoms with Crippen molar-refractivity contribution in [3.63, 3.8) is 0 Å². The van der Waals surface area contributed by atoms with Crippen LogP contribution in [0.5, 0.6) is 0 Å². The quantitative estimate of drug-likeness (QED) is 0.918. The van der Waals surface area contributed by atoms with Crippen molar-refractivity contribution < 1.29 is 4.79 Å². The van der Waals surface area contributed by atoms with Crippen molar-refractivity contribution in [3.8, 4) is 0 Å². The molecule has 0 bridgehead atoms. The lowest BCUT2D eigenvalue weighted by molar-refractivity contribution is -0.123. The van der Waals surface area contributed by atoms with E-state index in [-0.39, 0.29) is 5.92 Å². The van der Waals surface area contributed by atoms with E-state index in [2.05, 4.69) is 22.5 Å². The Kier molecular flexibility index (Phi) is 4.06. The van der Waals surface area contributed by atoms with Gasteiger partial charge in [-0.1, -0.05) is 18.6 Å². The van der Waals surface area contributed by atoms with Crippen LogP contribution in [0.4, 0.5) is 0 Å². The van der Waals surface area contributed by atoms with Crippen LogP contribution in [0.3, 0.4) is 0 Å². The van der Waals surface area contributed by atoms with Crippen LogP contribution >= 0.6 is 0 Å². The Labute approximate surface area is 125 Å². The van der Waals surface area contributed by atoms with Gasteiger partial charge in [0.2, 0.25) is 0 Å². The van der Waals surface area contributed by atoms with E-state index in [1.165, 1.54) is 0 Å². The number of para-hydroxylation sites is 2. The maximum atomic E-state index is 12.6. The van der Waals surface area contributed by atoms with Gasteiger partial charge in [-0.15, -0.1) is 0 Å². The van der Waals surface area contributed by atoms with E-state index >= 15 is 0 Å². The van der Waals surface area contributed by atoms with Crippen LogP contribution in [0.25, 0.3) is 11.0 Å². The summed E-state index contributed by atoms with van der Waals surface area (Å²) in [6.07, 6.45) is 3.65. The number of hydrogen-bond donors (Lipinski definition) is 1. The number of aryl methyl sites for hydroxylation is 1. The standard InChI is InChI=1S/C17H23N3O/c1-2-20-15-9-4-3-8-14(15)19-17(20)10-16(21)13-7-5-6-12(13)11-18/h3-4,8-9,12-13H,2,5-7,10-11,18H2,1H3. The zero-order valence-corrected chi connectivity index (χ0v) is 12.6. The fraction of sp³-hybridized carbons (Fsp3) is 0.529. The summed E-state index contributed by atoms with van der Waals surface area (Å²) in [6.45, 7) is 3.56. The molecule has 21 heavy (non-hydrogen) atoms. The summed E-state index contributed by atoms with van der Waals surface area (Å²) in [5.41, 5.74) is 7.89. The Balaban J connectivity index is 1.86. The minimum atomic E-state index is 0.139. The van der Waals surface area contributed by atoms with Crippen molar-refractivity contribution in [2.75, 3.05) is 6.54 Å². The Morgan fingerprint density at radius 2 is 2.19 bits per heavy atom. The zero-order chi connectivity index (χ0) is 14.8. The van der Waals surface area contributed by atoms with E-state index in [4.69, 9.17) is 5.73 Å². The van der Waals surface area contributed by atoms with E-state index in [0.717, 1.165) is 42.7 Å². The first-order valence-electron chi connectivity index (χ1n) is 7.91. The molecule has 1 aliphatic rings.